The van der Waals surface area contributed by atoms with Crippen molar-refractivity contribution in [3.63, 3.8) is 0 Å². The Balaban J connectivity index is 2.20. The van der Waals surface area contributed by atoms with Crippen LogP contribution >= 0.6 is 0 Å². The smallest absolute Gasteiger partial charge is 0.340 e. The minimum atomic E-state index is -0.408. The Labute approximate surface area is 136 Å². The van der Waals surface area contributed by atoms with Crippen molar-refractivity contribution in [1.82, 2.24) is 10.3 Å². The summed E-state index contributed by atoms with van der Waals surface area (Å²) < 4.78 is 5.04. The summed E-state index contributed by atoms with van der Waals surface area (Å²) in [4.78, 5) is 27.5. The highest BCUT2D eigenvalue weighted by Crippen LogP contribution is 2.20. The molecule has 0 saturated heterocycles. The Hall–Kier alpha value is -2.56. The number of esters is 1. The quantitative estimate of drug-likeness (QED) is 0.832. The lowest BCUT2D eigenvalue weighted by molar-refractivity contribution is 0.0525. The van der Waals surface area contributed by atoms with Gasteiger partial charge in [-0.05, 0) is 38.8 Å². The first-order chi connectivity index (χ1) is 11.0. The van der Waals surface area contributed by atoms with Crippen LogP contribution < -0.4 is 5.32 Å². The maximum atomic E-state index is 12.5. The van der Waals surface area contributed by atoms with Gasteiger partial charge in [-0.1, -0.05) is 30.3 Å². The van der Waals surface area contributed by atoms with Crippen molar-refractivity contribution in [1.29, 1.82) is 0 Å². The predicted molar refractivity (Wildman–Crippen MR) is 88.5 cm³/mol. The van der Waals surface area contributed by atoms with Crippen LogP contribution in [0.5, 0.6) is 0 Å². The second kappa shape index (κ2) is 7.13. The number of carbonyl (C=O) groups is 2. The number of ether oxygens (including phenoxy) is 1. The van der Waals surface area contributed by atoms with Crippen LogP contribution in [0.25, 0.3) is 0 Å². The Bertz CT molecular complexity index is 705. The van der Waals surface area contributed by atoms with E-state index in [4.69, 9.17) is 4.74 Å². The first-order valence-corrected chi connectivity index (χ1v) is 7.67. The summed E-state index contributed by atoms with van der Waals surface area (Å²) in [6.07, 6.45) is 0. The third-order valence-corrected chi connectivity index (χ3v) is 3.79. The third kappa shape index (κ3) is 3.62. The van der Waals surface area contributed by atoms with Gasteiger partial charge in [0.05, 0.1) is 18.2 Å². The highest BCUT2D eigenvalue weighted by atomic mass is 16.5. The SMILES string of the molecule is CCOC(=O)c1c(C)[nH]c(C(=O)NC(C)c2ccccc2)c1C. The molecule has 2 rings (SSSR count). The number of benzene rings is 1. The van der Waals surface area contributed by atoms with Crippen LogP contribution in [-0.2, 0) is 4.74 Å². The summed E-state index contributed by atoms with van der Waals surface area (Å²) in [5.41, 5.74) is 3.10. The lowest BCUT2D eigenvalue weighted by Crippen LogP contribution is -2.27. The second-order valence-corrected chi connectivity index (χ2v) is 5.45. The molecule has 0 aliphatic carbocycles. The molecule has 2 N–H and O–H groups in total. The highest BCUT2D eigenvalue weighted by molar-refractivity contribution is 6.00. The average Bonchev–Trinajstić information content (AvgIpc) is 2.83. The first-order valence-electron chi connectivity index (χ1n) is 7.67. The molecule has 0 fully saturated rings. The molecule has 0 bridgehead atoms. The van der Waals surface area contributed by atoms with Gasteiger partial charge >= 0.3 is 5.97 Å². The molecular weight excluding hydrogens is 292 g/mol. The molecule has 1 aromatic carbocycles. The van der Waals surface area contributed by atoms with E-state index in [-0.39, 0.29) is 11.9 Å². The van der Waals surface area contributed by atoms with E-state index >= 15 is 0 Å². The number of hydrogen-bond donors (Lipinski definition) is 2. The number of nitrogens with one attached hydrogen (secondary N) is 2. The zero-order valence-corrected chi connectivity index (χ0v) is 13.9. The van der Waals surface area contributed by atoms with Gasteiger partial charge in [-0.25, -0.2) is 4.79 Å². The van der Waals surface area contributed by atoms with E-state index in [1.54, 1.807) is 20.8 Å². The van der Waals surface area contributed by atoms with Gasteiger partial charge in [-0.3, -0.25) is 4.79 Å². The molecule has 23 heavy (non-hydrogen) atoms. The number of carbonyl (C=O) groups excluding carboxylic acids is 2. The van der Waals surface area contributed by atoms with Crippen LogP contribution in [0.4, 0.5) is 0 Å². The fourth-order valence-electron chi connectivity index (χ4n) is 2.58. The summed E-state index contributed by atoms with van der Waals surface area (Å²) in [5, 5.41) is 2.94. The molecule has 0 radical (unpaired) electrons. The van der Waals surface area contributed by atoms with Gasteiger partial charge in [-0.2, -0.15) is 0 Å². The van der Waals surface area contributed by atoms with Gasteiger partial charge in [0.25, 0.3) is 5.91 Å². The minimum Gasteiger partial charge on any atom is -0.462 e. The van der Waals surface area contributed by atoms with Gasteiger partial charge in [0.15, 0.2) is 0 Å². The number of aryl methyl sites for hydroxylation is 1. The van der Waals surface area contributed by atoms with Gasteiger partial charge < -0.3 is 15.0 Å². The Kier molecular flexibility index (Phi) is 5.21. The summed E-state index contributed by atoms with van der Waals surface area (Å²) >= 11 is 0. The number of rotatable bonds is 5. The number of hydrogen-bond acceptors (Lipinski definition) is 3. The molecule has 1 amide bonds. The molecule has 122 valence electrons. The normalized spacial score (nSPS) is 11.8. The lowest BCUT2D eigenvalue weighted by Gasteiger charge is -2.14. The van der Waals surface area contributed by atoms with Crippen molar-refractivity contribution in [3.8, 4) is 0 Å². The molecule has 1 unspecified atom stereocenters. The maximum Gasteiger partial charge on any atom is 0.340 e. The summed E-state index contributed by atoms with van der Waals surface area (Å²) in [6.45, 7) is 7.49. The van der Waals surface area contributed by atoms with Crippen LogP contribution in [-0.4, -0.2) is 23.5 Å². The Morgan fingerprint density at radius 3 is 2.48 bits per heavy atom. The third-order valence-electron chi connectivity index (χ3n) is 3.79. The fraction of sp³-hybridized carbons (Fsp3) is 0.333. The molecule has 0 aliphatic heterocycles. The van der Waals surface area contributed by atoms with Crippen molar-refractivity contribution < 1.29 is 14.3 Å². The fourth-order valence-corrected chi connectivity index (χ4v) is 2.58. The summed E-state index contributed by atoms with van der Waals surface area (Å²) in [5.74, 6) is -0.647. The van der Waals surface area contributed by atoms with Crippen molar-refractivity contribution in [2.75, 3.05) is 6.61 Å². The van der Waals surface area contributed by atoms with Gasteiger partial charge in [-0.15, -0.1) is 0 Å². The van der Waals surface area contributed by atoms with Gasteiger partial charge in [0.1, 0.15) is 5.69 Å². The molecular formula is C18H22N2O3. The summed E-state index contributed by atoms with van der Waals surface area (Å²) in [7, 11) is 0. The van der Waals surface area contributed by atoms with E-state index in [1.807, 2.05) is 37.3 Å². The molecule has 1 atom stereocenters. The highest BCUT2D eigenvalue weighted by Gasteiger charge is 2.23. The predicted octanol–water partition coefficient (Wildman–Crippen LogP) is 3.30. The Morgan fingerprint density at radius 1 is 1.22 bits per heavy atom. The van der Waals surface area contributed by atoms with Crippen molar-refractivity contribution in [3.05, 3.63) is 58.4 Å². The van der Waals surface area contributed by atoms with Gasteiger partial charge in [0, 0.05) is 5.69 Å². The molecule has 0 saturated carbocycles. The van der Waals surface area contributed by atoms with Crippen molar-refractivity contribution >= 4 is 11.9 Å². The maximum absolute atomic E-state index is 12.5. The largest absolute Gasteiger partial charge is 0.462 e. The zero-order valence-electron chi connectivity index (χ0n) is 13.9. The molecule has 2 aromatic rings. The van der Waals surface area contributed by atoms with Crippen LogP contribution in [0, 0.1) is 13.8 Å². The van der Waals surface area contributed by atoms with E-state index in [0.717, 1.165) is 5.56 Å². The lowest BCUT2D eigenvalue weighted by atomic mass is 10.1. The first kappa shape index (κ1) is 16.8. The standard InChI is InChI=1S/C18H22N2O3/c1-5-23-18(22)15-11(2)16(19-13(15)4)17(21)20-12(3)14-9-7-6-8-10-14/h6-10,12,19H,5H2,1-4H3,(H,20,21). The van der Waals surface area contributed by atoms with Gasteiger partial charge in [0.2, 0.25) is 0 Å². The number of H-pyrrole nitrogens is 1. The molecule has 0 aliphatic rings. The molecule has 5 heteroatoms. The molecule has 1 heterocycles. The molecule has 0 spiro atoms. The van der Waals surface area contributed by atoms with Crippen LogP contribution in [0.15, 0.2) is 30.3 Å². The van der Waals surface area contributed by atoms with E-state index in [2.05, 4.69) is 10.3 Å². The van der Waals surface area contributed by atoms with E-state index < -0.39 is 5.97 Å². The van der Waals surface area contributed by atoms with E-state index in [0.29, 0.717) is 29.1 Å². The van der Waals surface area contributed by atoms with E-state index in [9.17, 15) is 9.59 Å². The average molecular weight is 314 g/mol. The van der Waals surface area contributed by atoms with Crippen molar-refractivity contribution in [2.24, 2.45) is 0 Å². The number of aromatic amines is 1. The topological polar surface area (TPSA) is 71.2 Å². The monoisotopic (exact) mass is 314 g/mol. The molecule has 5 nitrogen and oxygen atoms in total. The van der Waals surface area contributed by atoms with Crippen molar-refractivity contribution in [2.45, 2.75) is 33.7 Å². The second-order valence-electron chi connectivity index (χ2n) is 5.45. The van der Waals surface area contributed by atoms with Crippen LogP contribution in [0.1, 0.15) is 57.6 Å². The minimum absolute atomic E-state index is 0.127. The van der Waals surface area contributed by atoms with E-state index in [1.165, 1.54) is 0 Å². The number of aromatic nitrogens is 1. The van der Waals surface area contributed by atoms with Crippen LogP contribution in [0.3, 0.4) is 0 Å². The van der Waals surface area contributed by atoms with Crippen LogP contribution in [0.2, 0.25) is 0 Å². The molecule has 1 aromatic heterocycles. The number of amides is 1. The Morgan fingerprint density at radius 2 is 1.87 bits per heavy atom. The zero-order chi connectivity index (χ0) is 17.0. The summed E-state index contributed by atoms with van der Waals surface area (Å²) in [6, 6.07) is 9.59.